The molecule has 162 valence electrons. The van der Waals surface area contributed by atoms with E-state index in [1.807, 2.05) is 6.92 Å². The zero-order valence-electron chi connectivity index (χ0n) is 16.5. The van der Waals surface area contributed by atoms with Gasteiger partial charge in [-0.25, -0.2) is 28.7 Å². The molecule has 2 aliphatic rings. The molecule has 10 heteroatoms. The molecule has 1 unspecified atom stereocenters. The number of anilines is 1. The fraction of sp³-hybridized carbons (Fsp3) is 0.182. The molecule has 1 aromatic heterocycles. The fourth-order valence-corrected chi connectivity index (χ4v) is 3.67. The van der Waals surface area contributed by atoms with E-state index >= 15 is 0 Å². The summed E-state index contributed by atoms with van der Waals surface area (Å²) in [4.78, 5) is 17.2. The minimum Gasteiger partial charge on any atom is -0.337 e. The molecule has 32 heavy (non-hydrogen) atoms. The van der Waals surface area contributed by atoms with Gasteiger partial charge in [0.2, 0.25) is 0 Å². The van der Waals surface area contributed by atoms with E-state index in [0.717, 1.165) is 18.2 Å². The van der Waals surface area contributed by atoms with Crippen molar-refractivity contribution in [1.29, 1.82) is 0 Å². The van der Waals surface area contributed by atoms with Crippen molar-refractivity contribution in [1.82, 2.24) is 9.97 Å². The lowest BCUT2D eigenvalue weighted by atomic mass is 9.99. The standard InChI is InChI=1S/C22H14F5N5/c1-10-6-14-18(28-9-10)30-19(12-4-2-3-5-15(12)22(25,26)27)31-21(14)32-20-13-7-11(23)8-16(24)17(13)29-20/h2-5,7-10H,6H2,1H3,(H,29,30,31,32). The predicted octanol–water partition coefficient (Wildman–Crippen LogP) is 5.84. The third-order valence-corrected chi connectivity index (χ3v) is 5.19. The van der Waals surface area contributed by atoms with Gasteiger partial charge in [0.15, 0.2) is 17.5 Å². The van der Waals surface area contributed by atoms with Gasteiger partial charge in [-0.2, -0.15) is 13.2 Å². The Hall–Kier alpha value is -3.69. The molecule has 3 aromatic rings. The number of benzene rings is 2. The fourth-order valence-electron chi connectivity index (χ4n) is 3.67. The molecule has 0 amide bonds. The summed E-state index contributed by atoms with van der Waals surface area (Å²) in [6.45, 7) is 1.91. The van der Waals surface area contributed by atoms with Crippen molar-refractivity contribution in [3.05, 3.63) is 64.7 Å². The van der Waals surface area contributed by atoms with Crippen LogP contribution in [0.3, 0.4) is 0 Å². The molecular weight excluding hydrogens is 429 g/mol. The summed E-state index contributed by atoms with van der Waals surface area (Å²) in [5, 5.41) is 2.71. The maximum Gasteiger partial charge on any atom is 0.417 e. The van der Waals surface area contributed by atoms with Crippen LogP contribution in [0.15, 0.2) is 46.4 Å². The molecule has 0 spiro atoms. The van der Waals surface area contributed by atoms with Crippen LogP contribution >= 0.6 is 0 Å². The summed E-state index contributed by atoms with van der Waals surface area (Å²) in [6, 6.07) is 6.84. The van der Waals surface area contributed by atoms with Crippen LogP contribution in [0.25, 0.3) is 11.4 Å². The number of hydrogen-bond acceptors (Lipinski definition) is 4. The zero-order valence-corrected chi connectivity index (χ0v) is 16.5. The highest BCUT2D eigenvalue weighted by atomic mass is 19.4. The number of halogens is 5. The number of fused-ring (bicyclic) bond motifs is 2. The highest BCUT2D eigenvalue weighted by molar-refractivity contribution is 6.22. The molecule has 1 N–H and O–H groups in total. The van der Waals surface area contributed by atoms with Gasteiger partial charge < -0.3 is 5.32 Å². The van der Waals surface area contributed by atoms with E-state index in [4.69, 9.17) is 0 Å². The number of aliphatic imine (C=N–C) groups is 2. The second-order valence-corrected chi connectivity index (χ2v) is 7.57. The van der Waals surface area contributed by atoms with Gasteiger partial charge in [-0.3, -0.25) is 0 Å². The molecule has 0 radical (unpaired) electrons. The maximum atomic E-state index is 13.9. The second kappa shape index (κ2) is 7.18. The molecule has 2 aliphatic heterocycles. The van der Waals surface area contributed by atoms with Crippen molar-refractivity contribution >= 4 is 29.4 Å². The maximum absolute atomic E-state index is 13.9. The number of nitrogens with zero attached hydrogens (tertiary/aromatic N) is 4. The molecule has 5 rings (SSSR count). The Bertz CT molecular complexity index is 1310. The summed E-state index contributed by atoms with van der Waals surface area (Å²) in [7, 11) is 0. The molecule has 2 aromatic carbocycles. The van der Waals surface area contributed by atoms with E-state index in [0.29, 0.717) is 12.0 Å². The number of hydrogen-bond donors (Lipinski definition) is 1. The smallest absolute Gasteiger partial charge is 0.337 e. The molecule has 0 aliphatic carbocycles. The van der Waals surface area contributed by atoms with Crippen LogP contribution < -0.4 is 5.32 Å². The SMILES string of the molecule is CC1C=Nc2nc(-c3ccccc3C(F)(F)F)nc(N=C3Nc4c(F)cc(F)cc43)c2C1. The Morgan fingerprint density at radius 2 is 1.84 bits per heavy atom. The summed E-state index contributed by atoms with van der Waals surface area (Å²) in [6.07, 6.45) is -2.48. The molecule has 0 saturated carbocycles. The van der Waals surface area contributed by atoms with Crippen molar-refractivity contribution in [3.8, 4) is 11.4 Å². The van der Waals surface area contributed by atoms with E-state index in [1.165, 1.54) is 18.2 Å². The Morgan fingerprint density at radius 3 is 2.62 bits per heavy atom. The van der Waals surface area contributed by atoms with Gasteiger partial charge in [-0.1, -0.05) is 25.1 Å². The minimum absolute atomic E-state index is 0.0369. The largest absolute Gasteiger partial charge is 0.417 e. The molecule has 5 nitrogen and oxygen atoms in total. The quantitative estimate of drug-likeness (QED) is 0.507. The molecular formula is C22H14F5N5. The number of rotatable bonds is 2. The second-order valence-electron chi connectivity index (χ2n) is 7.57. The van der Waals surface area contributed by atoms with Crippen LogP contribution in [0.2, 0.25) is 0 Å². The third-order valence-electron chi connectivity index (χ3n) is 5.19. The van der Waals surface area contributed by atoms with Crippen LogP contribution in [-0.4, -0.2) is 22.0 Å². The molecule has 0 fully saturated rings. The van der Waals surface area contributed by atoms with Crippen molar-refractivity contribution in [2.45, 2.75) is 19.5 Å². The van der Waals surface area contributed by atoms with Gasteiger partial charge in [-0.05, 0) is 24.5 Å². The van der Waals surface area contributed by atoms with Gasteiger partial charge in [0.1, 0.15) is 17.5 Å². The van der Waals surface area contributed by atoms with Crippen LogP contribution in [0, 0.1) is 17.6 Å². The van der Waals surface area contributed by atoms with Gasteiger partial charge in [0.25, 0.3) is 0 Å². The van der Waals surface area contributed by atoms with Crippen molar-refractivity contribution in [3.63, 3.8) is 0 Å². The monoisotopic (exact) mass is 443 g/mol. The Morgan fingerprint density at radius 1 is 1.06 bits per heavy atom. The summed E-state index contributed by atoms with van der Waals surface area (Å²) in [5.74, 6) is -1.20. The minimum atomic E-state index is -4.61. The average Bonchev–Trinajstić information content (AvgIpc) is 2.73. The number of aromatic nitrogens is 2. The molecule has 3 heterocycles. The van der Waals surface area contributed by atoms with E-state index < -0.39 is 23.4 Å². The van der Waals surface area contributed by atoms with Crippen molar-refractivity contribution in [2.75, 3.05) is 5.32 Å². The number of nitrogens with one attached hydrogen (secondary N) is 1. The zero-order chi connectivity index (χ0) is 22.6. The van der Waals surface area contributed by atoms with Crippen LogP contribution in [-0.2, 0) is 12.6 Å². The first-order valence-electron chi connectivity index (χ1n) is 9.67. The summed E-state index contributed by atoms with van der Waals surface area (Å²) < 4.78 is 68.1. The highest BCUT2D eigenvalue weighted by Gasteiger charge is 2.35. The topological polar surface area (TPSA) is 62.5 Å². The van der Waals surface area contributed by atoms with Gasteiger partial charge >= 0.3 is 6.18 Å². The predicted molar refractivity (Wildman–Crippen MR) is 110 cm³/mol. The Balaban J connectivity index is 1.69. The van der Waals surface area contributed by atoms with Crippen molar-refractivity contribution in [2.24, 2.45) is 15.9 Å². The van der Waals surface area contributed by atoms with E-state index in [9.17, 15) is 22.0 Å². The lowest BCUT2D eigenvalue weighted by Gasteiger charge is -2.25. The first-order chi connectivity index (χ1) is 15.2. The lowest BCUT2D eigenvalue weighted by Crippen LogP contribution is -2.27. The molecule has 0 saturated heterocycles. The van der Waals surface area contributed by atoms with E-state index in [-0.39, 0.29) is 46.0 Å². The van der Waals surface area contributed by atoms with Gasteiger partial charge in [-0.15, -0.1) is 0 Å². The number of alkyl halides is 3. The van der Waals surface area contributed by atoms with Crippen LogP contribution in [0.1, 0.15) is 23.6 Å². The average molecular weight is 443 g/mol. The Kier molecular flexibility index (Phi) is 4.54. The Labute approximate surface area is 178 Å². The first kappa shape index (κ1) is 20.2. The molecule has 0 bridgehead atoms. The van der Waals surface area contributed by atoms with Crippen LogP contribution in [0.5, 0.6) is 0 Å². The van der Waals surface area contributed by atoms with Gasteiger partial charge in [0.05, 0.1) is 11.3 Å². The molecule has 1 atom stereocenters. The summed E-state index contributed by atoms with van der Waals surface area (Å²) >= 11 is 0. The van der Waals surface area contributed by atoms with Gasteiger partial charge in [0, 0.05) is 29.0 Å². The summed E-state index contributed by atoms with van der Waals surface area (Å²) in [5.41, 5.74) is -0.227. The highest BCUT2D eigenvalue weighted by Crippen LogP contribution is 2.40. The van der Waals surface area contributed by atoms with E-state index in [2.05, 4.69) is 25.3 Å². The lowest BCUT2D eigenvalue weighted by molar-refractivity contribution is -0.137. The third kappa shape index (κ3) is 3.41. The van der Waals surface area contributed by atoms with E-state index in [1.54, 1.807) is 6.21 Å². The number of amidine groups is 1. The van der Waals surface area contributed by atoms with Crippen LogP contribution in [0.4, 0.5) is 39.3 Å². The van der Waals surface area contributed by atoms with Crippen molar-refractivity contribution < 1.29 is 22.0 Å². The first-order valence-corrected chi connectivity index (χ1v) is 9.67. The normalized spacial score (nSPS) is 18.1.